The van der Waals surface area contributed by atoms with Crippen molar-refractivity contribution in [2.24, 2.45) is 0 Å². The number of aryl methyl sites for hydroxylation is 1. The number of nitrogens with two attached hydrogens (primary N) is 1. The van der Waals surface area contributed by atoms with Gasteiger partial charge in [-0.25, -0.2) is 0 Å². The van der Waals surface area contributed by atoms with Crippen molar-refractivity contribution in [3.63, 3.8) is 0 Å². The van der Waals surface area contributed by atoms with Gasteiger partial charge in [-0.1, -0.05) is 23.7 Å². The second kappa shape index (κ2) is 4.31. The van der Waals surface area contributed by atoms with Crippen molar-refractivity contribution >= 4 is 30.4 Å². The van der Waals surface area contributed by atoms with Crippen molar-refractivity contribution in [3.8, 4) is 0 Å². The number of hydrogen-bond donors (Lipinski definition) is 2. The van der Waals surface area contributed by atoms with E-state index in [0.29, 0.717) is 0 Å². The lowest BCUT2D eigenvalue weighted by molar-refractivity contribution is 1.44. The van der Waals surface area contributed by atoms with Crippen LogP contribution in [0.15, 0.2) is 42.5 Å². The molecule has 0 bridgehead atoms. The fourth-order valence-electron chi connectivity index (χ4n) is 1.60. The van der Waals surface area contributed by atoms with Crippen molar-refractivity contribution in [1.29, 1.82) is 0 Å². The van der Waals surface area contributed by atoms with E-state index < -0.39 is 0 Å². The molecule has 2 radical (unpaired) electrons. The summed E-state index contributed by atoms with van der Waals surface area (Å²) in [4.78, 5) is 0. The fraction of sp³-hybridized carbons (Fsp3) is 0.0769. The zero-order chi connectivity index (χ0) is 11.5. The van der Waals surface area contributed by atoms with Crippen LogP contribution in [0.3, 0.4) is 0 Å². The first-order chi connectivity index (χ1) is 7.65. The summed E-state index contributed by atoms with van der Waals surface area (Å²) in [6.07, 6.45) is 0. The standard InChI is InChI=1S/C13H13BN2/c1-9-7-10(14)5-6-13(9)16-12-4-2-3-11(15)8-12/h2-8,16H,15H2,1H3. The number of rotatable bonds is 2. The highest BCUT2D eigenvalue weighted by atomic mass is 14.9. The molecular formula is C13H13BN2. The molecule has 0 aliphatic heterocycles. The molecule has 0 heterocycles. The van der Waals surface area contributed by atoms with Crippen LogP contribution in [-0.2, 0) is 0 Å². The van der Waals surface area contributed by atoms with E-state index >= 15 is 0 Å². The lowest BCUT2D eigenvalue weighted by Crippen LogP contribution is -2.03. The van der Waals surface area contributed by atoms with Crippen LogP contribution < -0.4 is 16.5 Å². The number of anilines is 3. The highest BCUT2D eigenvalue weighted by molar-refractivity contribution is 6.32. The summed E-state index contributed by atoms with van der Waals surface area (Å²) >= 11 is 0. The largest absolute Gasteiger partial charge is 0.399 e. The van der Waals surface area contributed by atoms with E-state index in [2.05, 4.69) is 5.32 Å². The summed E-state index contributed by atoms with van der Waals surface area (Å²) in [6.45, 7) is 2.02. The topological polar surface area (TPSA) is 38.0 Å². The van der Waals surface area contributed by atoms with E-state index in [1.807, 2.05) is 49.4 Å². The minimum absolute atomic E-state index is 0.748. The third-order valence-corrected chi connectivity index (χ3v) is 2.42. The van der Waals surface area contributed by atoms with Crippen molar-refractivity contribution in [3.05, 3.63) is 48.0 Å². The highest BCUT2D eigenvalue weighted by Gasteiger charge is 1.99. The fourth-order valence-corrected chi connectivity index (χ4v) is 1.60. The average Bonchev–Trinajstić information content (AvgIpc) is 2.22. The maximum absolute atomic E-state index is 5.71. The van der Waals surface area contributed by atoms with Gasteiger partial charge in [-0.3, -0.25) is 0 Å². The first-order valence-corrected chi connectivity index (χ1v) is 5.14. The number of nitrogens with one attached hydrogen (secondary N) is 1. The van der Waals surface area contributed by atoms with Gasteiger partial charge in [-0.2, -0.15) is 0 Å². The molecule has 0 fully saturated rings. The van der Waals surface area contributed by atoms with E-state index in [9.17, 15) is 0 Å². The molecule has 2 nitrogen and oxygen atoms in total. The Labute approximate surface area is 96.9 Å². The summed E-state index contributed by atoms with van der Waals surface area (Å²) in [5, 5.41) is 3.30. The Morgan fingerprint density at radius 3 is 2.62 bits per heavy atom. The second-order valence-electron chi connectivity index (χ2n) is 3.82. The number of benzene rings is 2. The first kappa shape index (κ1) is 10.6. The van der Waals surface area contributed by atoms with E-state index in [0.717, 1.165) is 28.1 Å². The van der Waals surface area contributed by atoms with Crippen LogP contribution in [-0.4, -0.2) is 7.85 Å². The molecule has 0 saturated heterocycles. The molecule has 2 aromatic carbocycles. The molecule has 0 amide bonds. The molecule has 0 aromatic heterocycles. The lowest BCUT2D eigenvalue weighted by atomic mass is 9.94. The molecule has 16 heavy (non-hydrogen) atoms. The Hall–Kier alpha value is -1.90. The van der Waals surface area contributed by atoms with Gasteiger partial charge in [0.1, 0.15) is 7.85 Å². The van der Waals surface area contributed by atoms with Crippen molar-refractivity contribution in [2.45, 2.75) is 6.92 Å². The van der Waals surface area contributed by atoms with Crippen LogP contribution in [0.25, 0.3) is 0 Å². The van der Waals surface area contributed by atoms with Crippen LogP contribution in [0.1, 0.15) is 5.56 Å². The molecule has 78 valence electrons. The Bertz CT molecular complexity index is 509. The van der Waals surface area contributed by atoms with E-state index in [-0.39, 0.29) is 0 Å². The summed E-state index contributed by atoms with van der Waals surface area (Å²) < 4.78 is 0. The normalized spacial score (nSPS) is 10.1. The first-order valence-electron chi connectivity index (χ1n) is 5.14. The molecule has 0 saturated carbocycles. The van der Waals surface area contributed by atoms with Crippen LogP contribution in [0.5, 0.6) is 0 Å². The van der Waals surface area contributed by atoms with E-state index in [4.69, 9.17) is 13.6 Å². The Morgan fingerprint density at radius 2 is 1.94 bits per heavy atom. The Kier molecular flexibility index (Phi) is 2.86. The van der Waals surface area contributed by atoms with E-state index in [1.165, 1.54) is 0 Å². The molecule has 0 unspecified atom stereocenters. The summed E-state index contributed by atoms with van der Waals surface area (Å²) in [5.74, 6) is 0. The number of nitrogen functional groups attached to an aromatic ring is 1. The zero-order valence-corrected chi connectivity index (χ0v) is 9.20. The smallest absolute Gasteiger partial charge is 0.113 e. The van der Waals surface area contributed by atoms with Crippen LogP contribution in [0.2, 0.25) is 0 Å². The third kappa shape index (κ3) is 2.37. The van der Waals surface area contributed by atoms with Gasteiger partial charge in [0.05, 0.1) is 0 Å². The molecule has 3 N–H and O–H groups in total. The van der Waals surface area contributed by atoms with Crippen molar-refractivity contribution in [2.75, 3.05) is 11.1 Å². The SMILES string of the molecule is [B]c1ccc(Nc2cccc(N)c2)c(C)c1. The zero-order valence-electron chi connectivity index (χ0n) is 9.20. The van der Waals surface area contributed by atoms with Gasteiger partial charge in [0.15, 0.2) is 0 Å². The van der Waals surface area contributed by atoms with Gasteiger partial charge in [-0.05, 0) is 36.8 Å². The Balaban J connectivity index is 2.27. The summed E-state index contributed by atoms with van der Waals surface area (Å²) in [5.41, 5.74) is 10.4. The summed E-state index contributed by atoms with van der Waals surface area (Å²) in [7, 11) is 5.70. The highest BCUT2D eigenvalue weighted by Crippen LogP contribution is 2.20. The predicted molar refractivity (Wildman–Crippen MR) is 70.7 cm³/mol. The van der Waals surface area contributed by atoms with Crippen LogP contribution >= 0.6 is 0 Å². The predicted octanol–water partition coefficient (Wildman–Crippen LogP) is 2.11. The van der Waals surface area contributed by atoms with Gasteiger partial charge in [0.2, 0.25) is 0 Å². The maximum atomic E-state index is 5.71. The van der Waals surface area contributed by atoms with E-state index in [1.54, 1.807) is 0 Å². The molecule has 2 aromatic rings. The summed E-state index contributed by atoms with van der Waals surface area (Å²) in [6, 6.07) is 13.4. The molecule has 2 rings (SSSR count). The molecule has 3 heteroatoms. The number of hydrogen-bond acceptors (Lipinski definition) is 2. The lowest BCUT2D eigenvalue weighted by Gasteiger charge is -2.10. The average molecular weight is 208 g/mol. The molecular weight excluding hydrogens is 195 g/mol. The molecule has 0 atom stereocenters. The van der Waals surface area contributed by atoms with Crippen molar-refractivity contribution < 1.29 is 0 Å². The van der Waals surface area contributed by atoms with Gasteiger partial charge in [0, 0.05) is 17.1 Å². The minimum Gasteiger partial charge on any atom is -0.399 e. The van der Waals surface area contributed by atoms with Crippen LogP contribution in [0.4, 0.5) is 17.1 Å². The molecule has 0 aliphatic carbocycles. The monoisotopic (exact) mass is 208 g/mol. The van der Waals surface area contributed by atoms with Crippen molar-refractivity contribution in [1.82, 2.24) is 0 Å². The van der Waals surface area contributed by atoms with Gasteiger partial charge >= 0.3 is 0 Å². The van der Waals surface area contributed by atoms with Gasteiger partial charge in [-0.15, -0.1) is 0 Å². The Morgan fingerprint density at radius 1 is 1.12 bits per heavy atom. The van der Waals surface area contributed by atoms with Gasteiger partial charge < -0.3 is 11.1 Å². The maximum Gasteiger partial charge on any atom is 0.113 e. The molecule has 0 spiro atoms. The second-order valence-corrected chi connectivity index (χ2v) is 3.82. The third-order valence-electron chi connectivity index (χ3n) is 2.42. The van der Waals surface area contributed by atoms with Crippen LogP contribution in [0, 0.1) is 6.92 Å². The molecule has 0 aliphatic rings. The minimum atomic E-state index is 0.748. The van der Waals surface area contributed by atoms with Gasteiger partial charge in [0.25, 0.3) is 0 Å². The quantitative estimate of drug-likeness (QED) is 0.585.